The zero-order valence-corrected chi connectivity index (χ0v) is 18.5. The lowest BCUT2D eigenvalue weighted by Crippen LogP contribution is -2.20. The van der Waals surface area contributed by atoms with Crippen molar-refractivity contribution in [3.05, 3.63) is 47.0 Å². The van der Waals surface area contributed by atoms with Gasteiger partial charge < -0.3 is 14.2 Å². The number of carbonyl (C=O) groups excluding carboxylic acids is 1. The van der Waals surface area contributed by atoms with Crippen molar-refractivity contribution in [3.63, 3.8) is 0 Å². The van der Waals surface area contributed by atoms with Gasteiger partial charge in [0.25, 0.3) is 5.91 Å². The third kappa shape index (κ3) is 5.44. The first kappa shape index (κ1) is 22.4. The maximum absolute atomic E-state index is 12.2. The topological polar surface area (TPSA) is 113 Å². The van der Waals surface area contributed by atoms with Gasteiger partial charge in [-0.25, -0.2) is 5.43 Å². The summed E-state index contributed by atoms with van der Waals surface area (Å²) in [7, 11) is 4.55. The van der Waals surface area contributed by atoms with Gasteiger partial charge in [-0.3, -0.25) is 4.79 Å². The summed E-state index contributed by atoms with van der Waals surface area (Å²) in [4.78, 5) is 12.2. The first-order chi connectivity index (χ1) is 15.1. The number of hydrogen-bond donors (Lipinski definition) is 1. The number of hydrogen-bond acceptors (Lipinski definition) is 9. The molecule has 31 heavy (non-hydrogen) atoms. The highest BCUT2D eigenvalue weighted by Crippen LogP contribution is 2.38. The van der Waals surface area contributed by atoms with E-state index in [1.807, 2.05) is 0 Å². The lowest BCUT2D eigenvalue weighted by Gasteiger charge is -2.13. The third-order valence-corrected chi connectivity index (χ3v) is 5.14. The minimum Gasteiger partial charge on any atom is -0.493 e. The molecular formula is C19H19ClN6O4S. The van der Waals surface area contributed by atoms with E-state index in [0.29, 0.717) is 33.0 Å². The zero-order chi connectivity index (χ0) is 22.2. The molecule has 3 rings (SSSR count). The molecule has 1 N–H and O–H groups in total. The molecule has 0 radical (unpaired) electrons. The number of rotatable bonds is 9. The largest absolute Gasteiger partial charge is 0.493 e. The summed E-state index contributed by atoms with van der Waals surface area (Å²) in [6.45, 7) is 0. The molecule has 162 valence electrons. The van der Waals surface area contributed by atoms with Gasteiger partial charge in [-0.05, 0) is 46.8 Å². The molecule has 2 aromatic carbocycles. The van der Waals surface area contributed by atoms with Gasteiger partial charge in [0, 0.05) is 10.6 Å². The van der Waals surface area contributed by atoms with E-state index in [9.17, 15) is 4.79 Å². The number of tetrazole rings is 1. The monoisotopic (exact) mass is 462 g/mol. The number of nitrogens with zero attached hydrogens (tertiary/aromatic N) is 5. The highest BCUT2D eigenvalue weighted by molar-refractivity contribution is 7.99. The number of nitrogens with one attached hydrogen (secondary N) is 1. The van der Waals surface area contributed by atoms with E-state index < -0.39 is 0 Å². The van der Waals surface area contributed by atoms with Gasteiger partial charge in [0.2, 0.25) is 10.9 Å². The SMILES string of the molecule is COc1ccc(/C=N\NC(=O)CSc2nnnn2-c2ccc(Cl)cc2)c(OC)c1OC. The summed E-state index contributed by atoms with van der Waals surface area (Å²) < 4.78 is 17.5. The van der Waals surface area contributed by atoms with Crippen LogP contribution in [0.5, 0.6) is 17.2 Å². The molecule has 0 unspecified atom stereocenters. The van der Waals surface area contributed by atoms with Crippen molar-refractivity contribution in [1.82, 2.24) is 25.6 Å². The smallest absolute Gasteiger partial charge is 0.250 e. The van der Waals surface area contributed by atoms with Gasteiger partial charge in [0.05, 0.1) is 39.0 Å². The summed E-state index contributed by atoms with van der Waals surface area (Å²) in [6, 6.07) is 10.5. The van der Waals surface area contributed by atoms with E-state index in [4.69, 9.17) is 25.8 Å². The van der Waals surface area contributed by atoms with Crippen LogP contribution in [0.25, 0.3) is 5.69 Å². The van der Waals surface area contributed by atoms with Crippen molar-refractivity contribution in [1.29, 1.82) is 0 Å². The average Bonchev–Trinajstić information content (AvgIpc) is 3.26. The number of halogens is 1. The molecule has 1 heterocycles. The van der Waals surface area contributed by atoms with Gasteiger partial charge in [-0.1, -0.05) is 23.4 Å². The number of thioether (sulfide) groups is 1. The molecule has 0 spiro atoms. The van der Waals surface area contributed by atoms with Crippen molar-refractivity contribution in [3.8, 4) is 22.9 Å². The number of hydrazone groups is 1. The van der Waals surface area contributed by atoms with E-state index in [2.05, 4.69) is 26.1 Å². The van der Waals surface area contributed by atoms with Crippen molar-refractivity contribution >= 4 is 35.5 Å². The predicted octanol–water partition coefficient (Wildman–Crippen LogP) is 2.58. The third-order valence-electron chi connectivity index (χ3n) is 3.97. The number of methoxy groups -OCH3 is 3. The molecule has 0 aliphatic rings. The fourth-order valence-corrected chi connectivity index (χ4v) is 3.38. The summed E-state index contributed by atoms with van der Waals surface area (Å²) in [5.41, 5.74) is 3.81. The van der Waals surface area contributed by atoms with E-state index in [1.54, 1.807) is 36.4 Å². The van der Waals surface area contributed by atoms with E-state index >= 15 is 0 Å². The van der Waals surface area contributed by atoms with Crippen LogP contribution >= 0.6 is 23.4 Å². The normalized spacial score (nSPS) is 10.8. The van der Waals surface area contributed by atoms with Gasteiger partial charge >= 0.3 is 0 Å². The van der Waals surface area contributed by atoms with Crippen LogP contribution in [0.15, 0.2) is 46.7 Å². The Hall–Kier alpha value is -3.31. The van der Waals surface area contributed by atoms with Crippen LogP contribution in [0.2, 0.25) is 5.02 Å². The highest BCUT2D eigenvalue weighted by Gasteiger charge is 2.15. The molecule has 3 aromatic rings. The predicted molar refractivity (Wildman–Crippen MR) is 117 cm³/mol. The van der Waals surface area contributed by atoms with Crippen LogP contribution in [-0.2, 0) is 4.79 Å². The lowest BCUT2D eigenvalue weighted by molar-refractivity contribution is -0.118. The summed E-state index contributed by atoms with van der Waals surface area (Å²) in [5.74, 6) is 1.14. The molecule has 0 bridgehead atoms. The fourth-order valence-electron chi connectivity index (χ4n) is 2.58. The number of amides is 1. The minimum atomic E-state index is -0.327. The van der Waals surface area contributed by atoms with E-state index in [0.717, 1.165) is 5.69 Å². The fraction of sp³-hybridized carbons (Fsp3) is 0.211. The van der Waals surface area contributed by atoms with Crippen LogP contribution in [0.3, 0.4) is 0 Å². The van der Waals surface area contributed by atoms with Crippen molar-refractivity contribution in [2.45, 2.75) is 5.16 Å². The number of benzene rings is 2. The first-order valence-corrected chi connectivity index (χ1v) is 10.2. The standard InChI is InChI=1S/C19H19ClN6O4S/c1-28-15-9-4-12(17(29-2)18(15)30-3)10-21-22-16(27)11-31-19-23-24-25-26(19)14-7-5-13(20)6-8-14/h4-10H,11H2,1-3H3,(H,22,27)/b21-10-. The van der Waals surface area contributed by atoms with Crippen molar-refractivity contribution in [2.75, 3.05) is 27.1 Å². The van der Waals surface area contributed by atoms with Gasteiger partial charge in [-0.15, -0.1) is 5.10 Å². The Morgan fingerprint density at radius 2 is 1.87 bits per heavy atom. The van der Waals surface area contributed by atoms with E-state index in [1.165, 1.54) is 44.0 Å². The number of aromatic nitrogens is 4. The molecule has 10 nitrogen and oxygen atoms in total. The van der Waals surface area contributed by atoms with Crippen molar-refractivity contribution < 1.29 is 19.0 Å². The molecule has 0 saturated carbocycles. The lowest BCUT2D eigenvalue weighted by atomic mass is 10.2. The van der Waals surface area contributed by atoms with Crippen LogP contribution in [-0.4, -0.2) is 59.4 Å². The quantitative estimate of drug-likeness (QED) is 0.293. The Morgan fingerprint density at radius 1 is 1.13 bits per heavy atom. The Labute approximate surface area is 187 Å². The molecule has 0 aliphatic carbocycles. The van der Waals surface area contributed by atoms with Crippen LogP contribution in [0, 0.1) is 0 Å². The second-order valence-corrected chi connectivity index (χ2v) is 7.23. The van der Waals surface area contributed by atoms with E-state index in [-0.39, 0.29) is 11.7 Å². The maximum Gasteiger partial charge on any atom is 0.250 e. The second kappa shape index (κ2) is 10.6. The number of ether oxygens (including phenoxy) is 3. The molecule has 0 aliphatic heterocycles. The van der Waals surface area contributed by atoms with Gasteiger partial charge in [0.15, 0.2) is 11.5 Å². The van der Waals surface area contributed by atoms with Crippen LogP contribution in [0.1, 0.15) is 5.56 Å². The van der Waals surface area contributed by atoms with Crippen LogP contribution in [0.4, 0.5) is 0 Å². The Bertz CT molecular complexity index is 1070. The Morgan fingerprint density at radius 3 is 2.55 bits per heavy atom. The zero-order valence-electron chi connectivity index (χ0n) is 16.9. The molecule has 1 amide bonds. The molecule has 1 aromatic heterocycles. The molecule has 12 heteroatoms. The molecule has 0 fully saturated rings. The minimum absolute atomic E-state index is 0.0639. The van der Waals surface area contributed by atoms with Crippen LogP contribution < -0.4 is 19.6 Å². The van der Waals surface area contributed by atoms with Crippen molar-refractivity contribution in [2.24, 2.45) is 5.10 Å². The summed E-state index contributed by atoms with van der Waals surface area (Å²) >= 11 is 7.08. The maximum atomic E-state index is 12.2. The molecule has 0 saturated heterocycles. The summed E-state index contributed by atoms with van der Waals surface area (Å²) in [5, 5.41) is 16.6. The van der Waals surface area contributed by atoms with Gasteiger partial charge in [-0.2, -0.15) is 9.78 Å². The average molecular weight is 463 g/mol. The first-order valence-electron chi connectivity index (χ1n) is 8.85. The molecule has 0 atom stereocenters. The van der Waals surface area contributed by atoms with Gasteiger partial charge in [0.1, 0.15) is 0 Å². The Kier molecular flexibility index (Phi) is 7.68. The Balaban J connectivity index is 1.61. The highest BCUT2D eigenvalue weighted by atomic mass is 35.5. The summed E-state index contributed by atoms with van der Waals surface area (Å²) in [6.07, 6.45) is 1.46. The second-order valence-electron chi connectivity index (χ2n) is 5.86. The molecular weight excluding hydrogens is 444 g/mol. The number of carbonyl (C=O) groups is 1.